The topological polar surface area (TPSA) is 59.0 Å². The lowest BCUT2D eigenvalue weighted by Gasteiger charge is -2.28. The Morgan fingerprint density at radius 3 is 2.42 bits per heavy atom. The molecule has 0 radical (unpaired) electrons. The molecule has 0 spiro atoms. The van der Waals surface area contributed by atoms with Crippen LogP contribution >= 0.6 is 12.4 Å². The first-order valence-electron chi connectivity index (χ1n) is 8.64. The predicted molar refractivity (Wildman–Crippen MR) is 102 cm³/mol. The number of hydrogen-bond acceptors (Lipinski definition) is 3. The van der Waals surface area contributed by atoms with Gasteiger partial charge in [-0.3, -0.25) is 4.79 Å². The zero-order chi connectivity index (χ0) is 17.4. The van der Waals surface area contributed by atoms with Crippen molar-refractivity contribution in [2.75, 3.05) is 11.9 Å². The van der Waals surface area contributed by atoms with Gasteiger partial charge in [0.25, 0.3) is 0 Å². The molecule has 5 nitrogen and oxygen atoms in total. The molecule has 138 valence electrons. The SMILES string of the molecule is C[C@H]1C[C@@H](C(=O)Nc2cc(C(C)(C)C)nn2C(C)(C)C)CCN1.Cl. The monoisotopic (exact) mass is 356 g/mol. The second kappa shape index (κ2) is 7.44. The van der Waals surface area contributed by atoms with E-state index in [1.807, 2.05) is 10.7 Å². The molecule has 1 aliphatic heterocycles. The van der Waals surface area contributed by atoms with Crippen LogP contribution in [-0.2, 0) is 15.7 Å². The number of hydrogen-bond donors (Lipinski definition) is 2. The van der Waals surface area contributed by atoms with Crippen molar-refractivity contribution in [2.45, 2.75) is 78.3 Å². The summed E-state index contributed by atoms with van der Waals surface area (Å²) in [4.78, 5) is 12.7. The van der Waals surface area contributed by atoms with Gasteiger partial charge in [-0.25, -0.2) is 4.68 Å². The molecule has 1 fully saturated rings. The Labute approximate surface area is 152 Å². The Balaban J connectivity index is 0.00000288. The Morgan fingerprint density at radius 2 is 1.92 bits per heavy atom. The molecule has 1 amide bonds. The third-order valence-corrected chi connectivity index (χ3v) is 4.36. The van der Waals surface area contributed by atoms with Crippen molar-refractivity contribution in [3.8, 4) is 0 Å². The first-order valence-corrected chi connectivity index (χ1v) is 8.64. The number of carbonyl (C=O) groups is 1. The van der Waals surface area contributed by atoms with Crippen LogP contribution in [0.4, 0.5) is 5.82 Å². The molecule has 6 heteroatoms. The third kappa shape index (κ3) is 4.96. The minimum atomic E-state index is -0.173. The molecule has 24 heavy (non-hydrogen) atoms. The van der Waals surface area contributed by atoms with Crippen LogP contribution in [0.25, 0.3) is 0 Å². The molecule has 0 bridgehead atoms. The second-order valence-corrected chi connectivity index (χ2v) is 8.81. The fraction of sp³-hybridized carbons (Fsp3) is 0.778. The summed E-state index contributed by atoms with van der Waals surface area (Å²) >= 11 is 0. The number of rotatable bonds is 2. The van der Waals surface area contributed by atoms with E-state index in [-0.39, 0.29) is 35.2 Å². The number of halogens is 1. The molecular weight excluding hydrogens is 324 g/mol. The molecule has 0 aromatic carbocycles. The van der Waals surface area contributed by atoms with Crippen LogP contribution < -0.4 is 10.6 Å². The fourth-order valence-corrected chi connectivity index (χ4v) is 2.95. The van der Waals surface area contributed by atoms with Crippen LogP contribution in [0.1, 0.15) is 67.0 Å². The van der Waals surface area contributed by atoms with Crippen LogP contribution in [0.2, 0.25) is 0 Å². The molecular formula is C18H33ClN4O. The van der Waals surface area contributed by atoms with Gasteiger partial charge in [0.15, 0.2) is 0 Å². The van der Waals surface area contributed by atoms with Gasteiger partial charge in [-0.15, -0.1) is 12.4 Å². The number of nitrogens with one attached hydrogen (secondary N) is 2. The van der Waals surface area contributed by atoms with Gasteiger partial charge < -0.3 is 10.6 Å². The smallest absolute Gasteiger partial charge is 0.228 e. The minimum absolute atomic E-state index is 0. The fourth-order valence-electron chi connectivity index (χ4n) is 2.95. The van der Waals surface area contributed by atoms with Gasteiger partial charge in [0.2, 0.25) is 5.91 Å². The maximum absolute atomic E-state index is 12.7. The van der Waals surface area contributed by atoms with Crippen molar-refractivity contribution in [2.24, 2.45) is 5.92 Å². The van der Waals surface area contributed by atoms with Gasteiger partial charge >= 0.3 is 0 Å². The first-order chi connectivity index (χ1) is 10.5. The molecule has 1 aromatic heterocycles. The van der Waals surface area contributed by atoms with Crippen LogP contribution in [0.5, 0.6) is 0 Å². The summed E-state index contributed by atoms with van der Waals surface area (Å²) in [6, 6.07) is 2.42. The molecule has 1 aliphatic rings. The normalized spacial score (nSPS) is 22.0. The molecule has 0 unspecified atom stereocenters. The van der Waals surface area contributed by atoms with Gasteiger partial charge in [-0.2, -0.15) is 5.10 Å². The molecule has 2 atom stereocenters. The Morgan fingerprint density at radius 1 is 1.29 bits per heavy atom. The van der Waals surface area contributed by atoms with E-state index in [9.17, 15) is 4.79 Å². The number of anilines is 1. The third-order valence-electron chi connectivity index (χ3n) is 4.36. The van der Waals surface area contributed by atoms with Gasteiger partial charge in [0, 0.05) is 23.4 Å². The van der Waals surface area contributed by atoms with E-state index >= 15 is 0 Å². The van der Waals surface area contributed by atoms with Gasteiger partial charge in [0.05, 0.1) is 11.2 Å². The van der Waals surface area contributed by atoms with E-state index in [0.717, 1.165) is 30.9 Å². The molecule has 2 N–H and O–H groups in total. The quantitative estimate of drug-likeness (QED) is 0.849. The van der Waals surface area contributed by atoms with E-state index in [2.05, 4.69) is 59.1 Å². The number of piperidine rings is 1. The van der Waals surface area contributed by atoms with Crippen molar-refractivity contribution >= 4 is 24.1 Å². The molecule has 0 aliphatic carbocycles. The Bertz CT molecular complexity index is 569. The van der Waals surface area contributed by atoms with E-state index in [1.54, 1.807) is 0 Å². The van der Waals surface area contributed by atoms with Crippen molar-refractivity contribution in [3.63, 3.8) is 0 Å². The zero-order valence-electron chi connectivity index (χ0n) is 16.1. The maximum Gasteiger partial charge on any atom is 0.228 e. The standard InChI is InChI=1S/C18H32N4O.ClH/c1-12-10-13(8-9-19-12)16(23)20-15-11-14(17(2,3)4)21-22(15)18(5,6)7;/h11-13,19H,8-10H2,1-7H3,(H,20,23);1H/t12-,13-;/m0./s1. The van der Waals surface area contributed by atoms with Crippen molar-refractivity contribution in [3.05, 3.63) is 11.8 Å². The van der Waals surface area contributed by atoms with E-state index in [1.165, 1.54) is 0 Å². The molecule has 2 rings (SSSR count). The van der Waals surface area contributed by atoms with Gasteiger partial charge in [-0.1, -0.05) is 20.8 Å². The molecule has 1 aromatic rings. The zero-order valence-corrected chi connectivity index (χ0v) is 16.9. The summed E-state index contributed by atoms with van der Waals surface area (Å²) in [5.41, 5.74) is 0.786. The summed E-state index contributed by atoms with van der Waals surface area (Å²) in [6.45, 7) is 15.8. The molecule has 1 saturated heterocycles. The highest BCUT2D eigenvalue weighted by Crippen LogP contribution is 2.29. The Hall–Kier alpha value is -1.07. The molecule has 2 heterocycles. The number of nitrogens with zero attached hydrogens (tertiary/aromatic N) is 2. The van der Waals surface area contributed by atoms with Gasteiger partial charge in [-0.05, 0) is 47.1 Å². The maximum atomic E-state index is 12.7. The minimum Gasteiger partial charge on any atom is -0.314 e. The molecule has 0 saturated carbocycles. The largest absolute Gasteiger partial charge is 0.314 e. The highest BCUT2D eigenvalue weighted by atomic mass is 35.5. The average Bonchev–Trinajstić information content (AvgIpc) is 2.82. The van der Waals surface area contributed by atoms with Crippen molar-refractivity contribution in [1.29, 1.82) is 0 Å². The van der Waals surface area contributed by atoms with Crippen LogP contribution in [0.15, 0.2) is 6.07 Å². The predicted octanol–water partition coefficient (Wildman–Crippen LogP) is 3.68. The summed E-state index contributed by atoms with van der Waals surface area (Å²) < 4.78 is 1.94. The van der Waals surface area contributed by atoms with E-state index < -0.39 is 0 Å². The average molecular weight is 357 g/mol. The highest BCUT2D eigenvalue weighted by molar-refractivity contribution is 5.92. The summed E-state index contributed by atoms with van der Waals surface area (Å²) in [5, 5.41) is 11.3. The first kappa shape index (κ1) is 21.0. The lowest BCUT2D eigenvalue weighted by molar-refractivity contribution is -0.120. The van der Waals surface area contributed by atoms with E-state index in [0.29, 0.717) is 6.04 Å². The van der Waals surface area contributed by atoms with Crippen molar-refractivity contribution < 1.29 is 4.79 Å². The van der Waals surface area contributed by atoms with Crippen LogP contribution in [-0.4, -0.2) is 28.3 Å². The van der Waals surface area contributed by atoms with Crippen LogP contribution in [0.3, 0.4) is 0 Å². The lowest BCUT2D eigenvalue weighted by Crippen LogP contribution is -2.40. The lowest BCUT2D eigenvalue weighted by atomic mass is 9.92. The van der Waals surface area contributed by atoms with Gasteiger partial charge in [0.1, 0.15) is 5.82 Å². The summed E-state index contributed by atoms with van der Waals surface area (Å²) in [7, 11) is 0. The van der Waals surface area contributed by atoms with Crippen molar-refractivity contribution in [1.82, 2.24) is 15.1 Å². The second-order valence-electron chi connectivity index (χ2n) is 8.81. The van der Waals surface area contributed by atoms with Crippen LogP contribution in [0, 0.1) is 5.92 Å². The number of aromatic nitrogens is 2. The number of amides is 1. The Kier molecular flexibility index (Phi) is 6.50. The summed E-state index contributed by atoms with van der Waals surface area (Å²) in [6.07, 6.45) is 1.79. The highest BCUT2D eigenvalue weighted by Gasteiger charge is 2.29. The summed E-state index contributed by atoms with van der Waals surface area (Å²) in [5.74, 6) is 0.996. The number of carbonyl (C=O) groups excluding carboxylic acids is 1. The van der Waals surface area contributed by atoms with E-state index in [4.69, 9.17) is 5.10 Å².